The van der Waals surface area contributed by atoms with Gasteiger partial charge in [-0.15, -0.1) is 0 Å². The van der Waals surface area contributed by atoms with Crippen LogP contribution < -0.4 is 0 Å². The van der Waals surface area contributed by atoms with E-state index in [0.717, 1.165) is 31.0 Å². The number of methoxy groups -OCH3 is 1. The normalized spacial score (nSPS) is 17.0. The molecule has 0 spiro atoms. The van der Waals surface area contributed by atoms with E-state index in [2.05, 4.69) is 6.92 Å². The maximum atomic E-state index is 13.4. The lowest BCUT2D eigenvalue weighted by atomic mass is 9.82. The molecule has 1 aliphatic rings. The van der Waals surface area contributed by atoms with E-state index in [1.54, 1.807) is 12.0 Å². The van der Waals surface area contributed by atoms with Crippen molar-refractivity contribution in [3.8, 4) is 0 Å². The van der Waals surface area contributed by atoms with Crippen LogP contribution in [-0.2, 0) is 9.47 Å². The summed E-state index contributed by atoms with van der Waals surface area (Å²) >= 11 is 0. The first-order valence-electron chi connectivity index (χ1n) is 7.76. The average molecular weight is 327 g/mol. The number of rotatable bonds is 6. The monoisotopic (exact) mass is 327 g/mol. The Morgan fingerprint density at radius 3 is 2.43 bits per heavy atom. The summed E-state index contributed by atoms with van der Waals surface area (Å²) in [6.07, 6.45) is 1.70. The summed E-state index contributed by atoms with van der Waals surface area (Å²) < 4.78 is 37.2. The maximum absolute atomic E-state index is 13.4. The highest BCUT2D eigenvalue weighted by atomic mass is 19.1. The van der Waals surface area contributed by atoms with E-state index in [1.165, 1.54) is 0 Å². The van der Waals surface area contributed by atoms with Gasteiger partial charge in [0, 0.05) is 45.0 Å². The molecule has 1 saturated heterocycles. The van der Waals surface area contributed by atoms with Gasteiger partial charge in [0.05, 0.1) is 6.61 Å². The molecular weight excluding hydrogens is 304 g/mol. The molecule has 4 nitrogen and oxygen atoms in total. The van der Waals surface area contributed by atoms with Crippen LogP contribution in [0.15, 0.2) is 18.2 Å². The number of halogens is 2. The number of amides is 1. The summed E-state index contributed by atoms with van der Waals surface area (Å²) in [6.45, 7) is 4.69. The van der Waals surface area contributed by atoms with Crippen molar-refractivity contribution in [3.63, 3.8) is 0 Å². The van der Waals surface area contributed by atoms with Crippen LogP contribution in [0.25, 0.3) is 0 Å². The number of carbonyl (C=O) groups is 1. The Morgan fingerprint density at radius 1 is 1.26 bits per heavy atom. The second-order valence-corrected chi connectivity index (χ2v) is 6.30. The third-order valence-corrected chi connectivity index (χ3v) is 4.23. The van der Waals surface area contributed by atoms with Crippen molar-refractivity contribution in [3.05, 3.63) is 35.4 Å². The van der Waals surface area contributed by atoms with E-state index < -0.39 is 11.6 Å². The van der Waals surface area contributed by atoms with Gasteiger partial charge in [-0.3, -0.25) is 4.79 Å². The van der Waals surface area contributed by atoms with Gasteiger partial charge < -0.3 is 14.4 Å². The molecule has 1 aromatic rings. The minimum atomic E-state index is -0.752. The molecule has 0 unspecified atom stereocenters. The van der Waals surface area contributed by atoms with Crippen molar-refractivity contribution < 1.29 is 23.0 Å². The minimum Gasteiger partial charge on any atom is -0.383 e. The zero-order valence-electron chi connectivity index (χ0n) is 13.6. The lowest BCUT2D eigenvalue weighted by Gasteiger charge is -2.38. The minimum absolute atomic E-state index is 0.0225. The van der Waals surface area contributed by atoms with Crippen molar-refractivity contribution >= 4 is 5.91 Å². The molecule has 0 bridgehead atoms. The lowest BCUT2D eigenvalue weighted by molar-refractivity contribution is 0.00272. The van der Waals surface area contributed by atoms with Crippen LogP contribution in [0.3, 0.4) is 0 Å². The number of ether oxygens (including phenoxy) is 2. The maximum Gasteiger partial charge on any atom is 0.254 e. The Bertz CT molecular complexity index is 524. The van der Waals surface area contributed by atoms with Crippen molar-refractivity contribution in [1.29, 1.82) is 0 Å². The fourth-order valence-electron chi connectivity index (χ4n) is 2.80. The molecule has 0 atom stereocenters. The molecule has 0 aromatic heterocycles. The molecule has 0 saturated carbocycles. The zero-order chi connectivity index (χ0) is 16.9. The fraction of sp³-hybridized carbons (Fsp3) is 0.588. The van der Waals surface area contributed by atoms with Crippen molar-refractivity contribution in [2.45, 2.75) is 19.8 Å². The summed E-state index contributed by atoms with van der Waals surface area (Å²) in [7, 11) is 1.56. The first kappa shape index (κ1) is 17.8. The van der Waals surface area contributed by atoms with Crippen LogP contribution >= 0.6 is 0 Å². The van der Waals surface area contributed by atoms with Gasteiger partial charge in [0.15, 0.2) is 0 Å². The fourth-order valence-corrected chi connectivity index (χ4v) is 2.80. The van der Waals surface area contributed by atoms with Gasteiger partial charge in [0.1, 0.15) is 11.6 Å². The van der Waals surface area contributed by atoms with Crippen LogP contribution in [0.5, 0.6) is 0 Å². The van der Waals surface area contributed by atoms with E-state index in [1.807, 2.05) is 0 Å². The Hall–Kier alpha value is -1.53. The van der Waals surface area contributed by atoms with Crippen LogP contribution in [0, 0.1) is 17.0 Å². The van der Waals surface area contributed by atoms with Crippen LogP contribution in [0.4, 0.5) is 8.78 Å². The Kier molecular flexibility index (Phi) is 6.07. The second kappa shape index (κ2) is 7.84. The van der Waals surface area contributed by atoms with Gasteiger partial charge in [-0.2, -0.15) is 0 Å². The van der Waals surface area contributed by atoms with Gasteiger partial charge in [-0.1, -0.05) is 6.92 Å². The molecule has 1 fully saturated rings. The lowest BCUT2D eigenvalue weighted by Crippen LogP contribution is -2.44. The van der Waals surface area contributed by atoms with Crippen LogP contribution in [0.1, 0.15) is 30.1 Å². The molecule has 2 rings (SSSR count). The first-order valence-corrected chi connectivity index (χ1v) is 7.76. The molecule has 1 aliphatic heterocycles. The van der Waals surface area contributed by atoms with Crippen LogP contribution in [0.2, 0.25) is 0 Å². The van der Waals surface area contributed by atoms with E-state index in [4.69, 9.17) is 9.47 Å². The topological polar surface area (TPSA) is 38.8 Å². The Balaban J connectivity index is 2.17. The van der Waals surface area contributed by atoms with Crippen LogP contribution in [-0.4, -0.2) is 50.8 Å². The molecule has 1 aromatic carbocycles. The largest absolute Gasteiger partial charge is 0.383 e. The molecule has 0 radical (unpaired) electrons. The quantitative estimate of drug-likeness (QED) is 0.806. The standard InChI is InChI=1S/C17H23F2NO3/c1-17(3-6-23-7-4-17)12-20(5-8-22-2)16(21)13-9-14(18)11-15(19)10-13/h9-11H,3-8,12H2,1-2H3. The van der Waals surface area contributed by atoms with Gasteiger partial charge in [0.25, 0.3) is 5.91 Å². The van der Waals surface area contributed by atoms with Crippen molar-refractivity contribution in [2.75, 3.05) is 40.0 Å². The molecule has 1 heterocycles. The number of nitrogens with zero attached hydrogens (tertiary/aromatic N) is 1. The van der Waals surface area contributed by atoms with Crippen molar-refractivity contribution in [1.82, 2.24) is 4.90 Å². The zero-order valence-corrected chi connectivity index (χ0v) is 13.6. The highest BCUT2D eigenvalue weighted by Crippen LogP contribution is 2.31. The SMILES string of the molecule is COCCN(CC1(C)CCOCC1)C(=O)c1cc(F)cc(F)c1. The summed E-state index contributed by atoms with van der Waals surface area (Å²) in [5, 5.41) is 0. The Labute approximate surface area is 135 Å². The first-order chi connectivity index (χ1) is 10.9. The number of benzene rings is 1. The molecular formula is C17H23F2NO3. The molecule has 1 amide bonds. The van der Waals surface area contributed by atoms with Gasteiger partial charge in [-0.25, -0.2) is 8.78 Å². The van der Waals surface area contributed by atoms with E-state index in [0.29, 0.717) is 32.9 Å². The van der Waals surface area contributed by atoms with Gasteiger partial charge in [-0.05, 0) is 30.4 Å². The summed E-state index contributed by atoms with van der Waals surface area (Å²) in [5.74, 6) is -1.89. The van der Waals surface area contributed by atoms with E-state index in [-0.39, 0.29) is 16.9 Å². The van der Waals surface area contributed by atoms with E-state index in [9.17, 15) is 13.6 Å². The average Bonchev–Trinajstić information content (AvgIpc) is 2.50. The summed E-state index contributed by atoms with van der Waals surface area (Å²) in [4.78, 5) is 14.3. The summed E-state index contributed by atoms with van der Waals surface area (Å²) in [6, 6.07) is 2.89. The molecule has 128 valence electrons. The number of hydrogen-bond donors (Lipinski definition) is 0. The number of hydrogen-bond acceptors (Lipinski definition) is 3. The molecule has 0 aliphatic carbocycles. The van der Waals surface area contributed by atoms with Gasteiger partial charge >= 0.3 is 0 Å². The third kappa shape index (κ3) is 4.97. The predicted molar refractivity (Wildman–Crippen MR) is 82.3 cm³/mol. The molecule has 0 N–H and O–H groups in total. The second-order valence-electron chi connectivity index (χ2n) is 6.30. The highest BCUT2D eigenvalue weighted by Gasteiger charge is 2.31. The van der Waals surface area contributed by atoms with E-state index >= 15 is 0 Å². The predicted octanol–water partition coefficient (Wildman–Crippen LogP) is 2.87. The van der Waals surface area contributed by atoms with Crippen molar-refractivity contribution in [2.24, 2.45) is 5.41 Å². The molecule has 6 heteroatoms. The van der Waals surface area contributed by atoms with Gasteiger partial charge in [0.2, 0.25) is 0 Å². The Morgan fingerprint density at radius 2 is 1.87 bits per heavy atom. The third-order valence-electron chi connectivity index (χ3n) is 4.23. The number of carbonyl (C=O) groups excluding carboxylic acids is 1. The molecule has 23 heavy (non-hydrogen) atoms. The highest BCUT2D eigenvalue weighted by molar-refractivity contribution is 5.94. The summed E-state index contributed by atoms with van der Waals surface area (Å²) in [5.41, 5.74) is -0.0395. The smallest absolute Gasteiger partial charge is 0.254 e.